The number of rotatable bonds is 5. The molecule has 0 radical (unpaired) electrons. The van der Waals surface area contributed by atoms with E-state index in [0.717, 1.165) is 33.8 Å². The van der Waals surface area contributed by atoms with Gasteiger partial charge in [0.25, 0.3) is 0 Å². The van der Waals surface area contributed by atoms with Crippen molar-refractivity contribution < 1.29 is 9.84 Å². The van der Waals surface area contributed by atoms with E-state index in [1.807, 2.05) is 42.6 Å². The lowest BCUT2D eigenvalue weighted by atomic mass is 10.1. The van der Waals surface area contributed by atoms with E-state index in [9.17, 15) is 0 Å². The Kier molecular flexibility index (Phi) is 4.13. The molecule has 0 spiro atoms. The highest BCUT2D eigenvalue weighted by Gasteiger charge is 2.10. The summed E-state index contributed by atoms with van der Waals surface area (Å²) in [6, 6.07) is 9.69. The Morgan fingerprint density at radius 2 is 1.95 bits per heavy atom. The molecule has 0 unspecified atom stereocenters. The molecule has 0 bridgehead atoms. The van der Waals surface area contributed by atoms with Crippen LogP contribution in [0, 0.1) is 0 Å². The average molecular weight is 300 g/mol. The number of hydrogen-bond donors (Lipinski definition) is 1. The van der Waals surface area contributed by atoms with Crippen molar-refractivity contribution in [3.05, 3.63) is 47.1 Å². The third-order valence-electron chi connectivity index (χ3n) is 3.19. The zero-order valence-electron chi connectivity index (χ0n) is 11.7. The van der Waals surface area contributed by atoms with Gasteiger partial charge in [-0.2, -0.15) is 4.98 Å². The maximum absolute atomic E-state index is 8.93. The van der Waals surface area contributed by atoms with Gasteiger partial charge in [0.05, 0.1) is 5.39 Å². The van der Waals surface area contributed by atoms with Crippen LogP contribution in [0.3, 0.4) is 0 Å². The second kappa shape index (κ2) is 6.20. The van der Waals surface area contributed by atoms with E-state index in [4.69, 9.17) is 9.84 Å². The van der Waals surface area contributed by atoms with Gasteiger partial charge in [-0.15, -0.1) is 11.3 Å². The molecule has 21 heavy (non-hydrogen) atoms. The summed E-state index contributed by atoms with van der Waals surface area (Å²) in [5.74, 6) is 2.13. The molecular formula is C16H16N2O2S. The van der Waals surface area contributed by atoms with Crippen molar-refractivity contribution >= 4 is 21.6 Å². The van der Waals surface area contributed by atoms with Crippen LogP contribution in [0.2, 0.25) is 0 Å². The van der Waals surface area contributed by atoms with Gasteiger partial charge in [-0.3, -0.25) is 0 Å². The van der Waals surface area contributed by atoms with Gasteiger partial charge in [-0.05, 0) is 35.6 Å². The van der Waals surface area contributed by atoms with Crippen molar-refractivity contribution in [2.75, 3.05) is 6.61 Å². The van der Waals surface area contributed by atoms with Crippen molar-refractivity contribution in [3.8, 4) is 11.6 Å². The molecule has 5 heteroatoms. The lowest BCUT2D eigenvalue weighted by Gasteiger charge is -2.08. The Morgan fingerprint density at radius 1 is 1.14 bits per heavy atom. The van der Waals surface area contributed by atoms with Gasteiger partial charge in [0, 0.05) is 13.0 Å². The number of benzene rings is 1. The normalized spacial score (nSPS) is 11.0. The number of aromatic nitrogens is 2. The molecular weight excluding hydrogens is 284 g/mol. The maximum Gasteiger partial charge on any atom is 0.231 e. The smallest absolute Gasteiger partial charge is 0.231 e. The van der Waals surface area contributed by atoms with Crippen LogP contribution >= 0.6 is 11.3 Å². The number of aliphatic hydroxyl groups is 1. The summed E-state index contributed by atoms with van der Waals surface area (Å²) < 4.78 is 5.92. The van der Waals surface area contributed by atoms with E-state index in [1.54, 1.807) is 11.3 Å². The molecule has 2 aromatic heterocycles. The molecule has 0 saturated heterocycles. The summed E-state index contributed by atoms with van der Waals surface area (Å²) in [5.41, 5.74) is 1.09. The number of nitrogens with zero attached hydrogens (tertiary/aromatic N) is 2. The minimum Gasteiger partial charge on any atom is -0.438 e. The van der Waals surface area contributed by atoms with Crippen molar-refractivity contribution in [1.29, 1.82) is 0 Å². The first-order valence-electron chi connectivity index (χ1n) is 6.92. The van der Waals surface area contributed by atoms with Crippen LogP contribution in [-0.2, 0) is 12.8 Å². The molecule has 3 aromatic rings. The van der Waals surface area contributed by atoms with Crippen LogP contribution in [0.1, 0.15) is 18.3 Å². The molecule has 1 N–H and O–H groups in total. The fourth-order valence-corrected chi connectivity index (χ4v) is 2.84. The minimum atomic E-state index is 0.154. The molecule has 0 amide bonds. The van der Waals surface area contributed by atoms with Crippen molar-refractivity contribution in [2.45, 2.75) is 19.8 Å². The standard InChI is InChI=1S/C16H16N2O2S/c1-2-14-17-15(13-8-10-21-16(13)18-14)20-12-5-3-11(4-6-12)7-9-19/h3-6,8,10,19H,2,7,9H2,1H3. The van der Waals surface area contributed by atoms with E-state index in [1.165, 1.54) is 0 Å². The van der Waals surface area contributed by atoms with E-state index >= 15 is 0 Å². The van der Waals surface area contributed by atoms with Gasteiger partial charge >= 0.3 is 0 Å². The Balaban J connectivity index is 1.91. The molecule has 108 valence electrons. The van der Waals surface area contributed by atoms with Gasteiger partial charge in [0.15, 0.2) is 0 Å². The highest BCUT2D eigenvalue weighted by molar-refractivity contribution is 7.16. The van der Waals surface area contributed by atoms with E-state index < -0.39 is 0 Å². The Morgan fingerprint density at radius 3 is 2.67 bits per heavy atom. The number of ether oxygens (including phenoxy) is 1. The van der Waals surface area contributed by atoms with Gasteiger partial charge in [0.1, 0.15) is 16.4 Å². The zero-order valence-corrected chi connectivity index (χ0v) is 12.6. The summed E-state index contributed by atoms with van der Waals surface area (Å²) in [6.45, 7) is 2.18. The summed E-state index contributed by atoms with van der Waals surface area (Å²) in [4.78, 5) is 9.93. The molecule has 1 aromatic carbocycles. The molecule has 0 atom stereocenters. The second-order valence-corrected chi connectivity index (χ2v) is 5.55. The van der Waals surface area contributed by atoms with Crippen LogP contribution in [0.15, 0.2) is 35.7 Å². The monoisotopic (exact) mass is 300 g/mol. The number of fused-ring (bicyclic) bond motifs is 1. The molecule has 0 fully saturated rings. The first kappa shape index (κ1) is 14.0. The van der Waals surface area contributed by atoms with Crippen LogP contribution in [0.25, 0.3) is 10.2 Å². The second-order valence-electron chi connectivity index (χ2n) is 4.66. The minimum absolute atomic E-state index is 0.154. The maximum atomic E-state index is 8.93. The molecule has 0 aliphatic heterocycles. The molecule has 0 saturated carbocycles. The van der Waals surface area contributed by atoms with Crippen LogP contribution in [0.5, 0.6) is 11.6 Å². The first-order chi connectivity index (χ1) is 10.3. The third kappa shape index (κ3) is 3.04. The van der Waals surface area contributed by atoms with E-state index in [-0.39, 0.29) is 6.61 Å². The number of hydrogen-bond acceptors (Lipinski definition) is 5. The average Bonchev–Trinajstić information content (AvgIpc) is 2.98. The fraction of sp³-hybridized carbons (Fsp3) is 0.250. The Bertz CT molecular complexity index is 738. The number of aliphatic hydroxyl groups excluding tert-OH is 1. The SMILES string of the molecule is CCc1nc(Oc2ccc(CCO)cc2)c2ccsc2n1. The number of thiophene rings is 1. The van der Waals surface area contributed by atoms with E-state index in [0.29, 0.717) is 12.3 Å². The highest BCUT2D eigenvalue weighted by atomic mass is 32.1. The summed E-state index contributed by atoms with van der Waals surface area (Å²) >= 11 is 1.59. The van der Waals surface area contributed by atoms with Gasteiger partial charge in [-0.25, -0.2) is 4.98 Å². The quantitative estimate of drug-likeness (QED) is 0.782. The number of aryl methyl sites for hydroxylation is 1. The topological polar surface area (TPSA) is 55.2 Å². The van der Waals surface area contributed by atoms with Gasteiger partial charge in [-0.1, -0.05) is 19.1 Å². The van der Waals surface area contributed by atoms with Crippen LogP contribution in [0.4, 0.5) is 0 Å². The molecule has 4 nitrogen and oxygen atoms in total. The van der Waals surface area contributed by atoms with Crippen LogP contribution < -0.4 is 4.74 Å². The first-order valence-corrected chi connectivity index (χ1v) is 7.80. The Hall–Kier alpha value is -1.98. The van der Waals surface area contributed by atoms with Crippen molar-refractivity contribution in [1.82, 2.24) is 9.97 Å². The Labute approximate surface area is 127 Å². The van der Waals surface area contributed by atoms with Gasteiger partial charge in [0.2, 0.25) is 5.88 Å². The molecule has 3 rings (SSSR count). The van der Waals surface area contributed by atoms with Crippen molar-refractivity contribution in [2.24, 2.45) is 0 Å². The highest BCUT2D eigenvalue weighted by Crippen LogP contribution is 2.30. The molecule has 0 aliphatic rings. The summed E-state index contributed by atoms with van der Waals surface area (Å²) in [5, 5.41) is 11.9. The predicted molar refractivity (Wildman–Crippen MR) is 84.1 cm³/mol. The fourth-order valence-electron chi connectivity index (χ4n) is 2.07. The summed E-state index contributed by atoms with van der Waals surface area (Å²) in [7, 11) is 0. The van der Waals surface area contributed by atoms with E-state index in [2.05, 4.69) is 9.97 Å². The summed E-state index contributed by atoms with van der Waals surface area (Å²) in [6.07, 6.45) is 1.43. The third-order valence-corrected chi connectivity index (χ3v) is 4.00. The largest absolute Gasteiger partial charge is 0.438 e. The molecule has 2 heterocycles. The molecule has 0 aliphatic carbocycles. The lowest BCUT2D eigenvalue weighted by molar-refractivity contribution is 0.299. The lowest BCUT2D eigenvalue weighted by Crippen LogP contribution is -1.96. The zero-order chi connectivity index (χ0) is 14.7. The predicted octanol–water partition coefficient (Wildman–Crippen LogP) is 3.58. The van der Waals surface area contributed by atoms with Crippen LogP contribution in [-0.4, -0.2) is 21.7 Å². The van der Waals surface area contributed by atoms with Crippen molar-refractivity contribution in [3.63, 3.8) is 0 Å². The van der Waals surface area contributed by atoms with Gasteiger partial charge < -0.3 is 9.84 Å².